The number of nitrogens with zero attached hydrogens (tertiary/aromatic N) is 2. The molecule has 0 unspecified atom stereocenters. The lowest BCUT2D eigenvalue weighted by Crippen LogP contribution is -1.92. The number of benzene rings is 1. The molecule has 0 aliphatic carbocycles. The van der Waals surface area contributed by atoms with E-state index in [4.69, 9.17) is 5.26 Å². The average molecular weight is 326 g/mol. The summed E-state index contributed by atoms with van der Waals surface area (Å²) in [6.45, 7) is 0. The largest absolute Gasteiger partial charge is 0.255 e. The number of hydrogen-bond donors (Lipinski definition) is 0. The second kappa shape index (κ2) is 4.30. The number of para-hydroxylation sites is 1. The molecular formula is C11H6Br2N2. The molecule has 0 aliphatic heterocycles. The Morgan fingerprint density at radius 3 is 2.67 bits per heavy atom. The predicted molar refractivity (Wildman–Crippen MR) is 67.1 cm³/mol. The Balaban J connectivity index is 2.86. The van der Waals surface area contributed by atoms with E-state index in [9.17, 15) is 0 Å². The van der Waals surface area contributed by atoms with E-state index in [-0.39, 0.29) is 3.74 Å². The van der Waals surface area contributed by atoms with Crippen LogP contribution in [-0.2, 0) is 0 Å². The summed E-state index contributed by atoms with van der Waals surface area (Å²) in [5, 5.41) is 9.99. The molecule has 1 heterocycles. The lowest BCUT2D eigenvalue weighted by molar-refractivity contribution is 1.31. The summed E-state index contributed by atoms with van der Waals surface area (Å²) in [6, 6.07) is 9.92. The molecule has 0 spiro atoms. The smallest absolute Gasteiger partial charge is 0.101 e. The molecular weight excluding hydrogens is 320 g/mol. The molecule has 15 heavy (non-hydrogen) atoms. The zero-order valence-corrected chi connectivity index (χ0v) is 10.8. The molecule has 0 atom stereocenters. The van der Waals surface area contributed by atoms with Gasteiger partial charge in [0.2, 0.25) is 0 Å². The quantitative estimate of drug-likeness (QED) is 0.746. The highest BCUT2D eigenvalue weighted by atomic mass is 79.9. The number of pyridine rings is 1. The monoisotopic (exact) mass is 324 g/mol. The van der Waals surface area contributed by atoms with Crippen LogP contribution in [-0.4, -0.2) is 4.98 Å². The third-order valence-electron chi connectivity index (χ3n) is 2.16. The van der Waals surface area contributed by atoms with E-state index in [1.165, 1.54) is 0 Å². The van der Waals surface area contributed by atoms with E-state index in [1.54, 1.807) is 6.20 Å². The maximum absolute atomic E-state index is 9.00. The fraction of sp³-hybridized carbons (Fsp3) is 0.0909. The van der Waals surface area contributed by atoms with Crippen molar-refractivity contribution in [1.29, 1.82) is 5.26 Å². The van der Waals surface area contributed by atoms with Crippen LogP contribution in [0.3, 0.4) is 0 Å². The van der Waals surface area contributed by atoms with E-state index in [2.05, 4.69) is 42.9 Å². The van der Waals surface area contributed by atoms with E-state index < -0.39 is 0 Å². The average Bonchev–Trinajstić information content (AvgIpc) is 2.27. The van der Waals surface area contributed by atoms with Gasteiger partial charge < -0.3 is 0 Å². The predicted octanol–water partition coefficient (Wildman–Crippen LogP) is 3.89. The van der Waals surface area contributed by atoms with E-state index in [0.717, 1.165) is 16.5 Å². The Morgan fingerprint density at radius 2 is 2.00 bits per heavy atom. The molecule has 0 aliphatic rings. The molecule has 1 aromatic heterocycles. The van der Waals surface area contributed by atoms with Gasteiger partial charge in [0.25, 0.3) is 0 Å². The second-order valence-corrected chi connectivity index (χ2v) is 6.08. The van der Waals surface area contributed by atoms with Gasteiger partial charge in [0.1, 0.15) is 6.07 Å². The van der Waals surface area contributed by atoms with Crippen LogP contribution in [0.5, 0.6) is 0 Å². The van der Waals surface area contributed by atoms with Crippen molar-refractivity contribution in [3.63, 3.8) is 0 Å². The Hall–Kier alpha value is -0.920. The van der Waals surface area contributed by atoms with Crippen LogP contribution >= 0.6 is 31.9 Å². The molecule has 2 nitrogen and oxygen atoms in total. The first-order chi connectivity index (χ1) is 7.24. The van der Waals surface area contributed by atoms with Gasteiger partial charge in [0.15, 0.2) is 0 Å². The molecule has 0 saturated heterocycles. The molecule has 1 aromatic carbocycles. The van der Waals surface area contributed by atoms with Crippen LogP contribution in [0.4, 0.5) is 0 Å². The maximum Gasteiger partial charge on any atom is 0.101 e. The molecule has 0 saturated carbocycles. The standard InChI is InChI=1S/C11H6Br2N2/c12-11(13)10-7(5-14)6-15-9-4-2-1-3-8(9)10/h1-4,6,11H. The molecule has 0 fully saturated rings. The maximum atomic E-state index is 9.00. The minimum Gasteiger partial charge on any atom is -0.255 e. The molecule has 0 radical (unpaired) electrons. The minimum atomic E-state index is -0.0347. The van der Waals surface area contributed by atoms with Gasteiger partial charge in [0, 0.05) is 17.1 Å². The molecule has 2 aromatic rings. The number of hydrogen-bond acceptors (Lipinski definition) is 2. The number of fused-ring (bicyclic) bond motifs is 1. The summed E-state index contributed by atoms with van der Waals surface area (Å²) in [4.78, 5) is 4.23. The number of nitriles is 1. The zero-order valence-electron chi connectivity index (χ0n) is 7.61. The van der Waals surface area contributed by atoms with Crippen LogP contribution in [0, 0.1) is 11.3 Å². The van der Waals surface area contributed by atoms with E-state index in [1.807, 2.05) is 24.3 Å². The van der Waals surface area contributed by atoms with Gasteiger partial charge in [-0.2, -0.15) is 5.26 Å². The second-order valence-electron chi connectivity index (χ2n) is 3.02. The molecule has 0 bridgehead atoms. The van der Waals surface area contributed by atoms with Gasteiger partial charge in [-0.1, -0.05) is 50.1 Å². The highest BCUT2D eigenvalue weighted by Crippen LogP contribution is 2.35. The van der Waals surface area contributed by atoms with Crippen molar-refractivity contribution in [2.24, 2.45) is 0 Å². The van der Waals surface area contributed by atoms with Gasteiger partial charge in [-0.3, -0.25) is 4.98 Å². The topological polar surface area (TPSA) is 36.7 Å². The Bertz CT molecular complexity index is 544. The van der Waals surface area contributed by atoms with Crippen molar-refractivity contribution in [3.05, 3.63) is 41.6 Å². The normalized spacial score (nSPS) is 10.5. The van der Waals surface area contributed by atoms with Crippen molar-refractivity contribution in [1.82, 2.24) is 4.98 Å². The lowest BCUT2D eigenvalue weighted by atomic mass is 10.1. The van der Waals surface area contributed by atoms with Crippen LogP contribution in [0.25, 0.3) is 10.9 Å². The first-order valence-corrected chi connectivity index (χ1v) is 6.13. The van der Waals surface area contributed by atoms with Gasteiger partial charge in [0.05, 0.1) is 14.8 Å². The highest BCUT2D eigenvalue weighted by molar-refractivity contribution is 9.24. The Morgan fingerprint density at radius 1 is 1.27 bits per heavy atom. The van der Waals surface area contributed by atoms with E-state index >= 15 is 0 Å². The van der Waals surface area contributed by atoms with Crippen molar-refractivity contribution < 1.29 is 0 Å². The summed E-state index contributed by atoms with van der Waals surface area (Å²) in [7, 11) is 0. The van der Waals surface area contributed by atoms with Crippen LogP contribution in [0.1, 0.15) is 14.9 Å². The zero-order chi connectivity index (χ0) is 10.8. The Labute approximate surface area is 104 Å². The first-order valence-electron chi connectivity index (χ1n) is 4.30. The molecule has 74 valence electrons. The van der Waals surface area contributed by atoms with Crippen molar-refractivity contribution in [2.75, 3.05) is 0 Å². The Kier molecular flexibility index (Phi) is 3.03. The third-order valence-corrected chi connectivity index (χ3v) is 3.07. The van der Waals surface area contributed by atoms with Gasteiger partial charge in [-0.25, -0.2) is 0 Å². The molecule has 0 amide bonds. The number of rotatable bonds is 1. The SMILES string of the molecule is N#Cc1cnc2ccccc2c1C(Br)Br. The van der Waals surface area contributed by atoms with Crippen LogP contribution in [0.15, 0.2) is 30.5 Å². The van der Waals surface area contributed by atoms with Crippen LogP contribution < -0.4 is 0 Å². The minimum absolute atomic E-state index is 0.0347. The fourth-order valence-corrected chi connectivity index (χ4v) is 2.47. The van der Waals surface area contributed by atoms with Crippen molar-refractivity contribution >= 4 is 42.8 Å². The van der Waals surface area contributed by atoms with Crippen molar-refractivity contribution in [3.8, 4) is 6.07 Å². The summed E-state index contributed by atoms with van der Waals surface area (Å²) in [5.74, 6) is 0. The molecule has 4 heteroatoms. The fourth-order valence-electron chi connectivity index (χ4n) is 1.49. The summed E-state index contributed by atoms with van der Waals surface area (Å²) in [5.41, 5.74) is 2.42. The summed E-state index contributed by atoms with van der Waals surface area (Å²) >= 11 is 6.87. The number of halogens is 2. The summed E-state index contributed by atoms with van der Waals surface area (Å²) in [6.07, 6.45) is 1.60. The number of aromatic nitrogens is 1. The van der Waals surface area contributed by atoms with Crippen LogP contribution in [0.2, 0.25) is 0 Å². The lowest BCUT2D eigenvalue weighted by Gasteiger charge is -2.08. The van der Waals surface area contributed by atoms with Gasteiger partial charge in [-0.15, -0.1) is 0 Å². The summed E-state index contributed by atoms with van der Waals surface area (Å²) < 4.78 is -0.0347. The van der Waals surface area contributed by atoms with E-state index in [0.29, 0.717) is 5.56 Å². The number of alkyl halides is 2. The highest BCUT2D eigenvalue weighted by Gasteiger charge is 2.13. The first kappa shape index (κ1) is 10.6. The molecule has 2 rings (SSSR count). The molecule has 0 N–H and O–H groups in total. The third kappa shape index (κ3) is 1.90. The van der Waals surface area contributed by atoms with Gasteiger partial charge in [-0.05, 0) is 6.07 Å². The van der Waals surface area contributed by atoms with Crippen molar-refractivity contribution in [2.45, 2.75) is 3.74 Å². The van der Waals surface area contributed by atoms with Gasteiger partial charge >= 0.3 is 0 Å².